The van der Waals surface area contributed by atoms with Crippen LogP contribution in [0.15, 0.2) is 78.0 Å². The first-order chi connectivity index (χ1) is 22.2. The van der Waals surface area contributed by atoms with Crippen molar-refractivity contribution < 1.29 is 17.9 Å². The summed E-state index contributed by atoms with van der Waals surface area (Å²) in [7, 11) is -3.93. The van der Waals surface area contributed by atoms with Crippen molar-refractivity contribution in [2.45, 2.75) is 55.6 Å². The van der Waals surface area contributed by atoms with Gasteiger partial charge in [0.25, 0.3) is 10.0 Å². The number of aromatic hydroxyl groups is 1. The second-order valence-electron chi connectivity index (χ2n) is 12.6. The van der Waals surface area contributed by atoms with E-state index in [4.69, 9.17) is 4.98 Å². The van der Waals surface area contributed by atoms with Gasteiger partial charge in [-0.15, -0.1) is 0 Å². The third-order valence-electron chi connectivity index (χ3n) is 9.59. The Kier molecular flexibility index (Phi) is 6.63. The number of hydrogen-bond acceptors (Lipinski definition) is 8. The number of phenolic OH excluding ortho intramolecular Hbond substituents is 1. The zero-order valence-electron chi connectivity index (χ0n) is 25.1. The molecule has 232 valence electrons. The van der Waals surface area contributed by atoms with E-state index in [2.05, 4.69) is 20.9 Å². The van der Waals surface area contributed by atoms with Gasteiger partial charge in [-0.3, -0.25) is 4.90 Å². The van der Waals surface area contributed by atoms with E-state index in [1.807, 2.05) is 25.1 Å². The molecule has 6 heterocycles. The summed E-state index contributed by atoms with van der Waals surface area (Å²) in [6.45, 7) is 3.92. The van der Waals surface area contributed by atoms with Crippen LogP contribution in [0.2, 0.25) is 0 Å². The summed E-state index contributed by atoms with van der Waals surface area (Å²) in [6.07, 6.45) is 6.03. The Bertz CT molecular complexity index is 2140. The van der Waals surface area contributed by atoms with Crippen molar-refractivity contribution in [1.82, 2.24) is 18.8 Å². The average Bonchev–Trinajstić information content (AvgIpc) is 3.84. The van der Waals surface area contributed by atoms with E-state index in [-0.39, 0.29) is 34.5 Å². The van der Waals surface area contributed by atoms with Gasteiger partial charge in [-0.1, -0.05) is 17.7 Å². The number of rotatable bonds is 7. The Hall–Kier alpha value is -4.79. The molecule has 0 amide bonds. The molecule has 2 atom stereocenters. The van der Waals surface area contributed by atoms with Gasteiger partial charge in [0.2, 0.25) is 0 Å². The number of piperazine rings is 1. The number of hydrogen-bond donors (Lipinski definition) is 1. The quantitative estimate of drug-likeness (QED) is 0.243. The topological polar surface area (TPSA) is 115 Å². The minimum Gasteiger partial charge on any atom is -0.508 e. The van der Waals surface area contributed by atoms with E-state index in [1.54, 1.807) is 30.5 Å². The summed E-state index contributed by atoms with van der Waals surface area (Å²) >= 11 is 0. The van der Waals surface area contributed by atoms with Gasteiger partial charge in [-0.25, -0.2) is 26.7 Å². The Morgan fingerprint density at radius 3 is 2.43 bits per heavy atom. The smallest absolute Gasteiger partial charge is 0.269 e. The lowest BCUT2D eigenvalue weighted by Gasteiger charge is -2.56. The standard InChI is InChI=1S/C35H31FN6O3S/c1-21-2-8-29(9-3-21)46(44,45)42-31(22-4-5-22)14-30-34(25(15-37)17-39-35(30)42)23-6-11-33(38-16-23)40-19-27-13-28(20-40)41(27)18-24-12-26(36)7-10-32(24)43/h2-3,6-12,14,16-17,22,27-28,43H,4-5,13,18-20H2,1H3. The summed E-state index contributed by atoms with van der Waals surface area (Å²) in [4.78, 5) is 14.0. The number of benzene rings is 2. The number of fused-ring (bicyclic) bond motifs is 3. The van der Waals surface area contributed by atoms with Crippen LogP contribution in [0.3, 0.4) is 0 Å². The van der Waals surface area contributed by atoms with E-state index in [1.165, 1.54) is 28.4 Å². The number of phenols is 1. The summed E-state index contributed by atoms with van der Waals surface area (Å²) in [5.74, 6) is 0.676. The summed E-state index contributed by atoms with van der Waals surface area (Å²) in [5, 5.41) is 20.9. The molecule has 46 heavy (non-hydrogen) atoms. The largest absolute Gasteiger partial charge is 0.508 e. The molecule has 0 spiro atoms. The molecule has 3 saturated heterocycles. The second kappa shape index (κ2) is 10.6. The number of anilines is 1. The highest BCUT2D eigenvalue weighted by atomic mass is 32.2. The van der Waals surface area contributed by atoms with Crippen molar-refractivity contribution >= 4 is 26.9 Å². The third kappa shape index (κ3) is 4.71. The SMILES string of the molecule is Cc1ccc(S(=O)(=O)n2c(C3CC3)cc3c(-c4ccc(N5CC6CC(C5)N6Cc5cc(F)ccc5O)nc4)c(C#N)cnc32)cc1. The van der Waals surface area contributed by atoms with Gasteiger partial charge >= 0.3 is 0 Å². The van der Waals surface area contributed by atoms with E-state index in [0.717, 1.165) is 43.7 Å². The van der Waals surface area contributed by atoms with Crippen molar-refractivity contribution in [1.29, 1.82) is 5.26 Å². The van der Waals surface area contributed by atoms with Gasteiger partial charge in [-0.2, -0.15) is 5.26 Å². The van der Waals surface area contributed by atoms with Gasteiger partial charge < -0.3 is 10.0 Å². The van der Waals surface area contributed by atoms with Crippen LogP contribution >= 0.6 is 0 Å². The molecule has 3 aromatic heterocycles. The van der Waals surface area contributed by atoms with Crippen LogP contribution in [-0.4, -0.2) is 57.5 Å². The molecular formula is C35H31FN6O3S. The number of aryl methyl sites for hydroxylation is 1. The first-order valence-electron chi connectivity index (χ1n) is 15.4. The Morgan fingerprint density at radius 1 is 1.00 bits per heavy atom. The lowest BCUT2D eigenvalue weighted by molar-refractivity contribution is -0.00921. The van der Waals surface area contributed by atoms with Gasteiger partial charge in [0, 0.05) is 77.8 Å². The van der Waals surface area contributed by atoms with Crippen LogP contribution in [0.4, 0.5) is 10.2 Å². The number of nitrogens with zero attached hydrogens (tertiary/aromatic N) is 6. The predicted molar refractivity (Wildman–Crippen MR) is 171 cm³/mol. The fraction of sp³-hybridized carbons (Fsp3) is 0.286. The highest BCUT2D eigenvalue weighted by Crippen LogP contribution is 2.45. The fourth-order valence-electron chi connectivity index (χ4n) is 7.00. The third-order valence-corrected chi connectivity index (χ3v) is 11.3. The van der Waals surface area contributed by atoms with Crippen molar-refractivity contribution in [3.8, 4) is 22.9 Å². The molecule has 5 aromatic rings. The summed E-state index contributed by atoms with van der Waals surface area (Å²) in [6, 6.07) is 19.4. The minimum atomic E-state index is -3.93. The van der Waals surface area contributed by atoms with Crippen molar-refractivity contribution in [3.63, 3.8) is 0 Å². The van der Waals surface area contributed by atoms with Crippen LogP contribution in [0.25, 0.3) is 22.2 Å². The van der Waals surface area contributed by atoms with Crippen LogP contribution in [0.1, 0.15) is 47.6 Å². The van der Waals surface area contributed by atoms with Gasteiger partial charge in [-0.05, 0) is 74.7 Å². The number of aromatic nitrogens is 3. The summed E-state index contributed by atoms with van der Waals surface area (Å²) < 4.78 is 43.1. The monoisotopic (exact) mass is 634 g/mol. The molecule has 11 heteroatoms. The molecule has 4 fully saturated rings. The van der Waals surface area contributed by atoms with E-state index >= 15 is 0 Å². The van der Waals surface area contributed by atoms with Crippen LogP contribution in [0, 0.1) is 24.1 Å². The number of piperidine rings is 1. The molecule has 0 radical (unpaired) electrons. The fourth-order valence-corrected chi connectivity index (χ4v) is 8.54. The first-order valence-corrected chi connectivity index (χ1v) is 16.9. The zero-order chi connectivity index (χ0) is 31.7. The van der Waals surface area contributed by atoms with E-state index in [0.29, 0.717) is 45.5 Å². The zero-order valence-corrected chi connectivity index (χ0v) is 26.0. The van der Waals surface area contributed by atoms with Gasteiger partial charge in [0.05, 0.1) is 10.5 Å². The lowest BCUT2D eigenvalue weighted by Crippen LogP contribution is -2.68. The van der Waals surface area contributed by atoms with Crippen molar-refractivity contribution in [2.75, 3.05) is 18.0 Å². The van der Waals surface area contributed by atoms with Crippen molar-refractivity contribution in [3.05, 3.63) is 101 Å². The lowest BCUT2D eigenvalue weighted by atomic mass is 9.86. The number of pyridine rings is 2. The molecule has 1 N–H and O–H groups in total. The average molecular weight is 635 g/mol. The normalized spacial score (nSPS) is 19.6. The van der Waals surface area contributed by atoms with Gasteiger partial charge in [0.15, 0.2) is 5.65 Å². The Balaban J connectivity index is 1.11. The Labute approximate surface area is 266 Å². The highest BCUT2D eigenvalue weighted by Gasteiger charge is 2.45. The van der Waals surface area contributed by atoms with E-state index in [9.17, 15) is 23.2 Å². The molecule has 4 aliphatic rings. The van der Waals surface area contributed by atoms with Crippen LogP contribution in [-0.2, 0) is 16.6 Å². The first kappa shape index (κ1) is 28.7. The molecule has 2 bridgehead atoms. The minimum absolute atomic E-state index is 0.106. The maximum absolute atomic E-state index is 14.0. The molecule has 1 saturated carbocycles. The molecule has 2 aromatic carbocycles. The number of nitriles is 1. The molecule has 3 aliphatic heterocycles. The molecule has 9 rings (SSSR count). The van der Waals surface area contributed by atoms with Gasteiger partial charge in [0.1, 0.15) is 23.5 Å². The van der Waals surface area contributed by atoms with E-state index < -0.39 is 10.0 Å². The summed E-state index contributed by atoms with van der Waals surface area (Å²) in [5.41, 5.74) is 4.24. The molecule has 2 unspecified atom stereocenters. The maximum atomic E-state index is 14.0. The molecule has 1 aliphatic carbocycles. The van der Waals surface area contributed by atoms with Crippen LogP contribution in [0.5, 0.6) is 5.75 Å². The number of halogens is 1. The maximum Gasteiger partial charge on any atom is 0.269 e. The molecule has 9 nitrogen and oxygen atoms in total. The van der Waals surface area contributed by atoms with Crippen LogP contribution < -0.4 is 4.90 Å². The Morgan fingerprint density at radius 2 is 1.76 bits per heavy atom. The highest BCUT2D eigenvalue weighted by molar-refractivity contribution is 7.90. The molecular weight excluding hydrogens is 603 g/mol. The predicted octanol–water partition coefficient (Wildman–Crippen LogP) is 5.70. The van der Waals surface area contributed by atoms with Crippen molar-refractivity contribution in [2.24, 2.45) is 0 Å². The second-order valence-corrected chi connectivity index (χ2v) is 14.4.